The number of sulfonamides is 2. The van der Waals surface area contributed by atoms with Gasteiger partial charge in [0.2, 0.25) is 6.33 Å². The molecular formula is C13H17F6N5O4S2. The molecule has 2 heterocycles. The van der Waals surface area contributed by atoms with Crippen LogP contribution < -0.4 is 4.57 Å². The summed E-state index contributed by atoms with van der Waals surface area (Å²) in [6.07, 6.45) is 12.5. The monoisotopic (exact) mass is 485 g/mol. The minimum absolute atomic E-state index is 0.778. The van der Waals surface area contributed by atoms with Gasteiger partial charge in [0.1, 0.15) is 12.4 Å². The van der Waals surface area contributed by atoms with E-state index in [1.807, 2.05) is 16.9 Å². The summed E-state index contributed by atoms with van der Waals surface area (Å²) in [7, 11) is -13.4. The predicted molar refractivity (Wildman–Crippen MR) is 90.5 cm³/mol. The highest BCUT2D eigenvalue weighted by molar-refractivity contribution is 8.13. The molecule has 0 atom stereocenters. The van der Waals surface area contributed by atoms with Crippen molar-refractivity contribution in [3.8, 4) is 0 Å². The first-order chi connectivity index (χ1) is 13.6. The van der Waals surface area contributed by atoms with Gasteiger partial charge in [0.25, 0.3) is 0 Å². The number of halogens is 6. The second kappa shape index (κ2) is 9.78. The summed E-state index contributed by atoms with van der Waals surface area (Å²) < 4.78 is 115. The van der Waals surface area contributed by atoms with Crippen molar-refractivity contribution in [2.24, 2.45) is 0 Å². The number of hydrogen-bond donors (Lipinski definition) is 0. The standard InChI is InChI=1S/C11H17N4.C2F6NO4S2/c1-2-3-6-13-8-9-14(10-13)11-15-7-4-5-12-15;3-1(4,5)14(10,11)9-15(12,13)2(6,7)8/h4-5,7-10H,2-3,6,11H2,1H3;/q+1;-1. The molecule has 0 aliphatic heterocycles. The molecular weight excluding hydrogens is 468 g/mol. The summed E-state index contributed by atoms with van der Waals surface area (Å²) in [5, 5.41) is 4.17. The van der Waals surface area contributed by atoms with Crippen molar-refractivity contribution in [1.82, 2.24) is 14.3 Å². The van der Waals surface area contributed by atoms with E-state index in [1.165, 1.54) is 12.8 Å². The zero-order valence-electron chi connectivity index (χ0n) is 15.2. The molecule has 9 nitrogen and oxygen atoms in total. The van der Waals surface area contributed by atoms with Gasteiger partial charge in [-0.1, -0.05) is 13.3 Å². The third kappa shape index (κ3) is 7.60. The second-order valence-corrected chi connectivity index (χ2v) is 9.04. The number of alkyl halides is 6. The minimum atomic E-state index is -6.72. The molecule has 0 saturated carbocycles. The van der Waals surface area contributed by atoms with E-state index >= 15 is 0 Å². The molecule has 0 radical (unpaired) electrons. The van der Waals surface area contributed by atoms with Crippen LogP contribution in [0.2, 0.25) is 0 Å². The molecule has 0 fully saturated rings. The number of aromatic nitrogens is 4. The zero-order chi connectivity index (χ0) is 23.2. The van der Waals surface area contributed by atoms with Crippen molar-refractivity contribution in [3.63, 3.8) is 0 Å². The minimum Gasteiger partial charge on any atom is -0.421 e. The molecule has 2 aromatic heterocycles. The van der Waals surface area contributed by atoms with Crippen molar-refractivity contribution < 1.29 is 47.7 Å². The summed E-state index contributed by atoms with van der Waals surface area (Å²) >= 11 is 0. The number of unbranched alkanes of at least 4 members (excludes halogenated alkanes) is 1. The number of nitrogens with zero attached hydrogens (tertiary/aromatic N) is 5. The Bertz CT molecular complexity index is 956. The lowest BCUT2D eigenvalue weighted by Gasteiger charge is -2.22. The maximum absolute atomic E-state index is 11.4. The van der Waals surface area contributed by atoms with Gasteiger partial charge in [-0.25, -0.2) is 30.7 Å². The van der Waals surface area contributed by atoms with Gasteiger partial charge in [-0.2, -0.15) is 31.4 Å². The Morgan fingerprint density at radius 2 is 1.57 bits per heavy atom. The Hall–Kier alpha value is -2.14. The van der Waals surface area contributed by atoms with Crippen molar-refractivity contribution in [2.45, 2.75) is 44.0 Å². The molecule has 0 aliphatic rings. The summed E-state index contributed by atoms with van der Waals surface area (Å²) in [6.45, 7) is 4.09. The SMILES string of the molecule is CCCCn1cc[n+](Cn2cccn2)c1.O=S(=O)([N-]S(=O)(=O)C(F)(F)F)C(F)(F)F. The topological polar surface area (TPSA) is 109 Å². The van der Waals surface area contributed by atoms with Crippen LogP contribution in [0.1, 0.15) is 19.8 Å². The van der Waals surface area contributed by atoms with Crippen LogP contribution in [0.15, 0.2) is 37.2 Å². The third-order valence-corrected chi connectivity index (χ3v) is 5.90. The molecule has 0 saturated heterocycles. The zero-order valence-corrected chi connectivity index (χ0v) is 16.9. The normalized spacial score (nSPS) is 13.0. The van der Waals surface area contributed by atoms with Gasteiger partial charge < -0.3 is 4.13 Å². The Morgan fingerprint density at radius 1 is 1.00 bits per heavy atom. The molecule has 0 aliphatic carbocycles. The molecule has 0 amide bonds. The third-order valence-electron chi connectivity index (χ3n) is 3.16. The fourth-order valence-electron chi connectivity index (χ4n) is 1.76. The maximum atomic E-state index is 11.4. The molecule has 172 valence electrons. The smallest absolute Gasteiger partial charge is 0.421 e. The van der Waals surface area contributed by atoms with E-state index in [2.05, 4.69) is 39.9 Å². The van der Waals surface area contributed by atoms with Gasteiger partial charge in [0.05, 0.1) is 6.54 Å². The highest BCUT2D eigenvalue weighted by Gasteiger charge is 2.46. The summed E-state index contributed by atoms with van der Waals surface area (Å²) in [5.41, 5.74) is -12.4. The summed E-state index contributed by atoms with van der Waals surface area (Å²) in [4.78, 5) is 0. The molecule has 0 unspecified atom stereocenters. The van der Waals surface area contributed by atoms with E-state index < -0.39 is 31.1 Å². The molecule has 30 heavy (non-hydrogen) atoms. The number of hydrogen-bond acceptors (Lipinski definition) is 5. The molecule has 17 heteroatoms. The van der Waals surface area contributed by atoms with Gasteiger partial charge in [-0.15, -0.1) is 0 Å². The molecule has 0 bridgehead atoms. The maximum Gasteiger partial charge on any atom is 0.480 e. The Labute approximate surface area is 168 Å². The lowest BCUT2D eigenvalue weighted by Crippen LogP contribution is -2.35. The molecule has 0 N–H and O–H groups in total. The number of aryl methyl sites for hydroxylation is 1. The first-order valence-electron chi connectivity index (χ1n) is 7.98. The van der Waals surface area contributed by atoms with E-state index in [-0.39, 0.29) is 0 Å². The fourth-order valence-corrected chi connectivity index (χ4v) is 3.47. The number of rotatable bonds is 7. The Balaban J connectivity index is 0.000000300. The molecule has 2 rings (SSSR count). The van der Waals surface area contributed by atoms with Crippen molar-refractivity contribution >= 4 is 20.0 Å². The second-order valence-electron chi connectivity index (χ2n) is 5.62. The average Bonchev–Trinajstić information content (AvgIpc) is 3.23. The van der Waals surface area contributed by atoms with Gasteiger partial charge in [0, 0.05) is 12.4 Å². The summed E-state index contributed by atoms with van der Waals surface area (Å²) in [6, 6.07) is 1.94. The first-order valence-corrected chi connectivity index (χ1v) is 10.9. The fraction of sp³-hybridized carbons (Fsp3) is 0.538. The first kappa shape index (κ1) is 25.9. The van der Waals surface area contributed by atoms with Gasteiger partial charge in [-0.05, 0) is 12.5 Å². The van der Waals surface area contributed by atoms with Gasteiger partial charge in [0.15, 0.2) is 26.7 Å². The highest BCUT2D eigenvalue weighted by atomic mass is 32.3. The van der Waals surface area contributed by atoms with E-state index in [0.717, 1.165) is 17.3 Å². The van der Waals surface area contributed by atoms with E-state index in [1.54, 1.807) is 6.20 Å². The Kier molecular flexibility index (Phi) is 8.44. The average molecular weight is 485 g/mol. The van der Waals surface area contributed by atoms with Crippen LogP contribution in [0, 0.1) is 0 Å². The van der Waals surface area contributed by atoms with E-state index in [9.17, 15) is 43.2 Å². The van der Waals surface area contributed by atoms with Crippen LogP contribution in [0.4, 0.5) is 26.3 Å². The lowest BCUT2D eigenvalue weighted by atomic mass is 10.3. The van der Waals surface area contributed by atoms with Crippen LogP contribution >= 0.6 is 0 Å². The van der Waals surface area contributed by atoms with E-state index in [4.69, 9.17) is 0 Å². The van der Waals surface area contributed by atoms with Crippen LogP contribution in [-0.4, -0.2) is 42.2 Å². The lowest BCUT2D eigenvalue weighted by molar-refractivity contribution is -0.702. The molecule has 2 aromatic rings. The Morgan fingerprint density at radius 3 is 2.00 bits per heavy atom. The molecule has 0 aromatic carbocycles. The predicted octanol–water partition coefficient (Wildman–Crippen LogP) is 2.34. The van der Waals surface area contributed by atoms with Crippen LogP contribution in [0.5, 0.6) is 0 Å². The quantitative estimate of drug-likeness (QED) is 0.442. The molecule has 0 spiro atoms. The van der Waals surface area contributed by atoms with Crippen molar-refractivity contribution in [2.75, 3.05) is 0 Å². The van der Waals surface area contributed by atoms with Crippen LogP contribution in [0.3, 0.4) is 0 Å². The van der Waals surface area contributed by atoms with Crippen LogP contribution in [0.25, 0.3) is 4.13 Å². The largest absolute Gasteiger partial charge is 0.480 e. The van der Waals surface area contributed by atoms with Crippen molar-refractivity contribution in [1.29, 1.82) is 0 Å². The van der Waals surface area contributed by atoms with Gasteiger partial charge in [-0.3, -0.25) is 0 Å². The highest BCUT2D eigenvalue weighted by Crippen LogP contribution is 2.36. The summed E-state index contributed by atoms with van der Waals surface area (Å²) in [5.74, 6) is 0. The number of imidazole rings is 1. The van der Waals surface area contributed by atoms with E-state index in [0.29, 0.717) is 0 Å². The van der Waals surface area contributed by atoms with Gasteiger partial charge >= 0.3 is 11.0 Å². The van der Waals surface area contributed by atoms with Crippen molar-refractivity contribution in [3.05, 3.63) is 41.3 Å². The van der Waals surface area contributed by atoms with Crippen LogP contribution in [-0.2, 0) is 33.3 Å².